The minimum absolute atomic E-state index is 0.0792. The molecule has 3 atom stereocenters. The zero-order valence-electron chi connectivity index (χ0n) is 13.4. The van der Waals surface area contributed by atoms with E-state index < -0.39 is 18.9 Å². The molecule has 0 radical (unpaired) electrons. The molecule has 1 aliphatic carbocycles. The smallest absolute Gasteiger partial charge is 0.379 e. The Hall–Kier alpha value is -1.02. The summed E-state index contributed by atoms with van der Waals surface area (Å²) >= 11 is 0. The van der Waals surface area contributed by atoms with Gasteiger partial charge in [-0.15, -0.1) is 0 Å². The zero-order valence-corrected chi connectivity index (χ0v) is 13.4. The van der Waals surface area contributed by atoms with Crippen LogP contribution in [0.4, 0.5) is 18.0 Å². The van der Waals surface area contributed by atoms with Crippen LogP contribution in [0, 0.1) is 5.92 Å². The van der Waals surface area contributed by atoms with Crippen molar-refractivity contribution in [2.75, 3.05) is 26.4 Å². The average molecular weight is 338 g/mol. The van der Waals surface area contributed by atoms with Crippen LogP contribution in [-0.4, -0.2) is 50.2 Å². The van der Waals surface area contributed by atoms with Crippen LogP contribution < -0.4 is 10.6 Å². The van der Waals surface area contributed by atoms with Gasteiger partial charge in [-0.3, -0.25) is 0 Å². The van der Waals surface area contributed by atoms with E-state index in [1.165, 1.54) is 0 Å². The lowest BCUT2D eigenvalue weighted by molar-refractivity contribution is -0.193. The van der Waals surface area contributed by atoms with Crippen molar-refractivity contribution in [2.24, 2.45) is 5.92 Å². The summed E-state index contributed by atoms with van der Waals surface area (Å²) in [6, 6.07) is -0.307. The van der Waals surface area contributed by atoms with Crippen molar-refractivity contribution in [1.29, 1.82) is 0 Å². The first-order chi connectivity index (χ1) is 10.8. The van der Waals surface area contributed by atoms with Gasteiger partial charge < -0.3 is 20.1 Å². The number of nitrogens with one attached hydrogen (secondary N) is 2. The number of urea groups is 1. The summed E-state index contributed by atoms with van der Waals surface area (Å²) in [5.41, 5.74) is -0.372. The van der Waals surface area contributed by atoms with Crippen molar-refractivity contribution in [3.63, 3.8) is 0 Å². The number of amides is 2. The summed E-state index contributed by atoms with van der Waals surface area (Å²) in [5.74, 6) is -0.0792. The van der Waals surface area contributed by atoms with Crippen LogP contribution in [-0.2, 0) is 9.47 Å². The number of carbonyl (C=O) groups is 1. The summed E-state index contributed by atoms with van der Waals surface area (Å²) in [6.45, 7) is 2.10. The number of halogens is 3. The summed E-state index contributed by atoms with van der Waals surface area (Å²) in [4.78, 5) is 12.0. The molecule has 0 aromatic carbocycles. The molecule has 2 fully saturated rings. The highest BCUT2D eigenvalue weighted by molar-refractivity contribution is 5.74. The fourth-order valence-corrected chi connectivity index (χ4v) is 3.14. The zero-order chi connectivity index (χ0) is 16.9. The van der Waals surface area contributed by atoms with Gasteiger partial charge in [-0.25, -0.2) is 4.79 Å². The van der Waals surface area contributed by atoms with Gasteiger partial charge in [0.15, 0.2) is 0 Å². The first kappa shape index (κ1) is 18.3. The molecule has 0 aromatic heterocycles. The molecule has 0 unspecified atom stereocenters. The maximum atomic E-state index is 12.3. The Balaban J connectivity index is 1.76. The number of rotatable bonds is 5. The first-order valence-electron chi connectivity index (χ1n) is 8.10. The fourth-order valence-electron chi connectivity index (χ4n) is 3.14. The summed E-state index contributed by atoms with van der Waals surface area (Å²) < 4.78 is 47.2. The van der Waals surface area contributed by atoms with Crippen LogP contribution in [0.2, 0.25) is 0 Å². The summed E-state index contributed by atoms with van der Waals surface area (Å²) in [6.07, 6.45) is -0.827. The normalized spacial score (nSPS) is 31.8. The van der Waals surface area contributed by atoms with Gasteiger partial charge in [-0.05, 0) is 26.2 Å². The molecule has 0 spiro atoms. The third-order valence-corrected chi connectivity index (χ3v) is 4.46. The minimum atomic E-state index is -4.32. The molecule has 2 N–H and O–H groups in total. The van der Waals surface area contributed by atoms with E-state index in [1.807, 2.05) is 6.92 Å². The Morgan fingerprint density at radius 1 is 1.35 bits per heavy atom. The molecule has 8 heteroatoms. The van der Waals surface area contributed by atoms with Crippen molar-refractivity contribution >= 4 is 6.03 Å². The number of carbonyl (C=O) groups excluding carboxylic acids is 1. The van der Waals surface area contributed by atoms with Crippen LogP contribution in [0.15, 0.2) is 0 Å². The Labute approximate surface area is 134 Å². The second kappa shape index (κ2) is 7.70. The van der Waals surface area contributed by atoms with Gasteiger partial charge in [-0.2, -0.15) is 13.2 Å². The van der Waals surface area contributed by atoms with Crippen molar-refractivity contribution in [3.8, 4) is 0 Å². The SMILES string of the molecule is C[C@]1(NC(=O)NC[C@H]2CCCC[C@H]2OCC(F)(F)F)CCOC1. The van der Waals surface area contributed by atoms with Gasteiger partial charge in [0, 0.05) is 19.1 Å². The first-order valence-corrected chi connectivity index (χ1v) is 8.10. The van der Waals surface area contributed by atoms with E-state index in [0.29, 0.717) is 26.2 Å². The largest absolute Gasteiger partial charge is 0.411 e. The number of hydrogen-bond acceptors (Lipinski definition) is 3. The van der Waals surface area contributed by atoms with Gasteiger partial charge in [0.05, 0.1) is 18.2 Å². The molecular formula is C15H25F3N2O3. The van der Waals surface area contributed by atoms with Gasteiger partial charge >= 0.3 is 12.2 Å². The molecule has 1 saturated carbocycles. The van der Waals surface area contributed by atoms with Crippen LogP contribution >= 0.6 is 0 Å². The maximum absolute atomic E-state index is 12.3. The molecule has 2 amide bonds. The lowest BCUT2D eigenvalue weighted by Gasteiger charge is -2.32. The van der Waals surface area contributed by atoms with Crippen LogP contribution in [0.5, 0.6) is 0 Å². The topological polar surface area (TPSA) is 59.6 Å². The highest BCUT2D eigenvalue weighted by atomic mass is 19.4. The Morgan fingerprint density at radius 2 is 2.09 bits per heavy atom. The van der Waals surface area contributed by atoms with E-state index in [-0.39, 0.29) is 17.5 Å². The molecule has 2 rings (SSSR count). The van der Waals surface area contributed by atoms with Crippen molar-refractivity contribution in [3.05, 3.63) is 0 Å². The Morgan fingerprint density at radius 3 is 2.74 bits per heavy atom. The standard InChI is InChI=1S/C15H25F3N2O3/c1-14(6-7-22-9-14)20-13(21)19-8-11-4-2-3-5-12(11)23-10-15(16,17)18/h11-12H,2-10H2,1H3,(H2,19,20,21)/t11-,12-,14+/m1/s1. The van der Waals surface area contributed by atoms with Crippen molar-refractivity contribution < 1.29 is 27.4 Å². The summed E-state index contributed by atoms with van der Waals surface area (Å²) in [5, 5.41) is 5.63. The molecule has 0 aromatic rings. The van der Waals surface area contributed by atoms with Crippen molar-refractivity contribution in [1.82, 2.24) is 10.6 Å². The monoisotopic (exact) mass is 338 g/mol. The molecule has 23 heavy (non-hydrogen) atoms. The Bertz CT molecular complexity index is 398. The van der Waals surface area contributed by atoms with Crippen LogP contribution in [0.1, 0.15) is 39.0 Å². The lowest BCUT2D eigenvalue weighted by atomic mass is 9.86. The number of hydrogen-bond donors (Lipinski definition) is 2. The molecular weight excluding hydrogens is 313 g/mol. The maximum Gasteiger partial charge on any atom is 0.411 e. The minimum Gasteiger partial charge on any atom is -0.379 e. The predicted molar refractivity (Wildman–Crippen MR) is 78.1 cm³/mol. The predicted octanol–water partition coefficient (Wildman–Crippen LogP) is 2.60. The Kier molecular flexibility index (Phi) is 6.13. The van der Waals surface area contributed by atoms with Gasteiger partial charge in [-0.1, -0.05) is 12.8 Å². The van der Waals surface area contributed by atoms with Crippen LogP contribution in [0.3, 0.4) is 0 Å². The van der Waals surface area contributed by atoms with E-state index in [0.717, 1.165) is 25.7 Å². The quantitative estimate of drug-likeness (QED) is 0.810. The number of alkyl halides is 3. The van der Waals surface area contributed by atoms with Crippen LogP contribution in [0.25, 0.3) is 0 Å². The van der Waals surface area contributed by atoms with E-state index in [1.54, 1.807) is 0 Å². The highest BCUT2D eigenvalue weighted by Crippen LogP contribution is 2.28. The van der Waals surface area contributed by atoms with Gasteiger partial charge in [0.1, 0.15) is 6.61 Å². The third kappa shape index (κ3) is 6.18. The second-order valence-corrected chi connectivity index (χ2v) is 6.71. The molecule has 1 aliphatic heterocycles. The molecule has 2 aliphatic rings. The van der Waals surface area contributed by atoms with E-state index >= 15 is 0 Å². The average Bonchev–Trinajstić information content (AvgIpc) is 2.89. The lowest BCUT2D eigenvalue weighted by Crippen LogP contribution is -2.52. The van der Waals surface area contributed by atoms with Crippen molar-refractivity contribution in [2.45, 2.75) is 56.8 Å². The summed E-state index contributed by atoms with van der Waals surface area (Å²) in [7, 11) is 0. The fraction of sp³-hybridized carbons (Fsp3) is 0.933. The van der Waals surface area contributed by atoms with Gasteiger partial charge in [0.2, 0.25) is 0 Å². The van der Waals surface area contributed by atoms with E-state index in [9.17, 15) is 18.0 Å². The number of ether oxygens (including phenoxy) is 2. The molecule has 1 heterocycles. The van der Waals surface area contributed by atoms with E-state index in [4.69, 9.17) is 9.47 Å². The molecule has 5 nitrogen and oxygen atoms in total. The van der Waals surface area contributed by atoms with Gasteiger partial charge in [0.25, 0.3) is 0 Å². The molecule has 0 bridgehead atoms. The second-order valence-electron chi connectivity index (χ2n) is 6.71. The third-order valence-electron chi connectivity index (χ3n) is 4.46. The molecule has 134 valence electrons. The van der Waals surface area contributed by atoms with E-state index in [2.05, 4.69) is 10.6 Å². The molecule has 1 saturated heterocycles. The highest BCUT2D eigenvalue weighted by Gasteiger charge is 2.34.